The molecule has 2 heterocycles. The highest BCUT2D eigenvalue weighted by Crippen LogP contribution is 2.17. The van der Waals surface area contributed by atoms with Gasteiger partial charge in [-0.25, -0.2) is 4.98 Å². The Labute approximate surface area is 172 Å². The number of anilines is 2. The van der Waals surface area contributed by atoms with E-state index in [1.165, 1.54) is 5.56 Å². The van der Waals surface area contributed by atoms with Gasteiger partial charge < -0.3 is 10.2 Å². The number of carbonyl (C=O) groups is 1. The molecule has 0 saturated carbocycles. The molecule has 0 radical (unpaired) electrons. The van der Waals surface area contributed by atoms with Gasteiger partial charge in [0.25, 0.3) is 5.91 Å². The molecule has 1 N–H and O–H groups in total. The number of benzene rings is 2. The maximum atomic E-state index is 12.4. The van der Waals surface area contributed by atoms with E-state index >= 15 is 0 Å². The average Bonchev–Trinajstić information content (AvgIpc) is 2.77. The number of nitrogens with zero attached hydrogens (tertiary/aromatic N) is 3. The lowest BCUT2D eigenvalue weighted by molar-refractivity contribution is 0.102. The number of rotatable bonds is 5. The minimum absolute atomic E-state index is 0.138. The van der Waals surface area contributed by atoms with Gasteiger partial charge in [0.05, 0.1) is 5.56 Å². The van der Waals surface area contributed by atoms with Crippen LogP contribution in [-0.2, 0) is 6.54 Å². The smallest absolute Gasteiger partial charge is 0.257 e. The van der Waals surface area contributed by atoms with E-state index in [4.69, 9.17) is 0 Å². The zero-order valence-electron chi connectivity index (χ0n) is 16.7. The van der Waals surface area contributed by atoms with Crippen LogP contribution in [0.3, 0.4) is 0 Å². The van der Waals surface area contributed by atoms with Gasteiger partial charge in [0.1, 0.15) is 5.82 Å². The van der Waals surface area contributed by atoms with Crippen molar-refractivity contribution in [1.82, 2.24) is 9.88 Å². The van der Waals surface area contributed by atoms with Gasteiger partial charge >= 0.3 is 0 Å². The summed E-state index contributed by atoms with van der Waals surface area (Å²) in [4.78, 5) is 21.7. The SMILES string of the molecule is Cc1ccc(NC(=O)c2ccc(N3CCN(Cc4ccccc4)CC3)nc2)cc1. The molecule has 5 heteroatoms. The van der Waals surface area contributed by atoms with Crippen LogP contribution >= 0.6 is 0 Å². The molecule has 0 spiro atoms. The van der Waals surface area contributed by atoms with Crippen LogP contribution in [0.5, 0.6) is 0 Å². The van der Waals surface area contributed by atoms with Crippen LogP contribution in [0.25, 0.3) is 0 Å². The van der Waals surface area contributed by atoms with Gasteiger partial charge in [0.2, 0.25) is 0 Å². The summed E-state index contributed by atoms with van der Waals surface area (Å²) < 4.78 is 0. The Kier molecular flexibility index (Phi) is 5.86. The summed E-state index contributed by atoms with van der Waals surface area (Å²) in [6, 6.07) is 22.1. The van der Waals surface area contributed by atoms with E-state index in [0.717, 1.165) is 49.8 Å². The molecule has 29 heavy (non-hydrogen) atoms. The lowest BCUT2D eigenvalue weighted by Crippen LogP contribution is -2.46. The highest BCUT2D eigenvalue weighted by Gasteiger charge is 2.18. The molecule has 1 fully saturated rings. The van der Waals surface area contributed by atoms with Crippen molar-refractivity contribution in [2.45, 2.75) is 13.5 Å². The van der Waals surface area contributed by atoms with Gasteiger partial charge in [-0.15, -0.1) is 0 Å². The maximum absolute atomic E-state index is 12.4. The number of hydrogen-bond acceptors (Lipinski definition) is 4. The third-order valence-corrected chi connectivity index (χ3v) is 5.26. The topological polar surface area (TPSA) is 48.5 Å². The molecule has 1 aromatic heterocycles. The number of nitrogens with one attached hydrogen (secondary N) is 1. The Morgan fingerprint density at radius 3 is 2.31 bits per heavy atom. The van der Waals surface area contributed by atoms with Crippen molar-refractivity contribution >= 4 is 17.4 Å². The van der Waals surface area contributed by atoms with Gasteiger partial charge in [-0.2, -0.15) is 0 Å². The summed E-state index contributed by atoms with van der Waals surface area (Å²) in [5.41, 5.74) is 3.87. The summed E-state index contributed by atoms with van der Waals surface area (Å²) in [5, 5.41) is 2.91. The Morgan fingerprint density at radius 1 is 0.931 bits per heavy atom. The fourth-order valence-electron chi connectivity index (χ4n) is 3.52. The predicted molar refractivity (Wildman–Crippen MR) is 117 cm³/mol. The van der Waals surface area contributed by atoms with E-state index < -0.39 is 0 Å². The van der Waals surface area contributed by atoms with Crippen LogP contribution in [0.15, 0.2) is 72.9 Å². The van der Waals surface area contributed by atoms with Crippen LogP contribution < -0.4 is 10.2 Å². The zero-order valence-corrected chi connectivity index (χ0v) is 16.7. The third kappa shape index (κ3) is 5.00. The second-order valence-electron chi connectivity index (χ2n) is 7.47. The number of aromatic nitrogens is 1. The zero-order chi connectivity index (χ0) is 20.1. The van der Waals surface area contributed by atoms with E-state index in [1.54, 1.807) is 6.20 Å². The van der Waals surface area contributed by atoms with Crippen LogP contribution in [0.2, 0.25) is 0 Å². The first-order chi connectivity index (χ1) is 14.2. The first-order valence-corrected chi connectivity index (χ1v) is 10.0. The second kappa shape index (κ2) is 8.88. The normalized spacial score (nSPS) is 14.6. The minimum Gasteiger partial charge on any atom is -0.354 e. The van der Waals surface area contributed by atoms with E-state index in [-0.39, 0.29) is 5.91 Å². The molecule has 1 saturated heterocycles. The summed E-state index contributed by atoms with van der Waals surface area (Å²) in [7, 11) is 0. The summed E-state index contributed by atoms with van der Waals surface area (Å²) in [6.45, 7) is 6.90. The predicted octanol–water partition coefficient (Wildman–Crippen LogP) is 3.96. The fraction of sp³-hybridized carbons (Fsp3) is 0.250. The molecule has 0 atom stereocenters. The molecule has 148 valence electrons. The molecule has 2 aromatic carbocycles. The van der Waals surface area contributed by atoms with E-state index in [1.807, 2.05) is 43.3 Å². The number of amides is 1. The highest BCUT2D eigenvalue weighted by atomic mass is 16.1. The monoisotopic (exact) mass is 386 g/mol. The van der Waals surface area contributed by atoms with Gasteiger partial charge in [-0.05, 0) is 36.8 Å². The second-order valence-corrected chi connectivity index (χ2v) is 7.47. The van der Waals surface area contributed by atoms with E-state index in [0.29, 0.717) is 5.56 Å². The molecule has 1 aliphatic rings. The number of piperazine rings is 1. The van der Waals surface area contributed by atoms with Crippen molar-refractivity contribution in [3.05, 3.63) is 89.6 Å². The molecular weight excluding hydrogens is 360 g/mol. The van der Waals surface area contributed by atoms with Crippen LogP contribution in [-0.4, -0.2) is 42.0 Å². The Bertz CT molecular complexity index is 931. The summed E-state index contributed by atoms with van der Waals surface area (Å²) in [5.74, 6) is 0.789. The first kappa shape index (κ1) is 19.2. The maximum Gasteiger partial charge on any atom is 0.257 e. The van der Waals surface area contributed by atoms with Crippen molar-refractivity contribution in [2.24, 2.45) is 0 Å². The van der Waals surface area contributed by atoms with Crippen molar-refractivity contribution in [3.8, 4) is 0 Å². The van der Waals surface area contributed by atoms with Crippen LogP contribution in [0.1, 0.15) is 21.5 Å². The molecule has 5 nitrogen and oxygen atoms in total. The quantitative estimate of drug-likeness (QED) is 0.721. The number of hydrogen-bond donors (Lipinski definition) is 1. The first-order valence-electron chi connectivity index (χ1n) is 10.0. The Morgan fingerprint density at radius 2 is 1.66 bits per heavy atom. The Hall–Kier alpha value is -3.18. The van der Waals surface area contributed by atoms with Crippen molar-refractivity contribution < 1.29 is 4.79 Å². The van der Waals surface area contributed by atoms with Crippen molar-refractivity contribution in [2.75, 3.05) is 36.4 Å². The summed E-state index contributed by atoms with van der Waals surface area (Å²) in [6.07, 6.45) is 1.66. The Balaban J connectivity index is 1.31. The molecule has 1 amide bonds. The molecule has 0 aliphatic carbocycles. The fourth-order valence-corrected chi connectivity index (χ4v) is 3.52. The molecular formula is C24H26N4O. The van der Waals surface area contributed by atoms with Gasteiger partial charge in [0.15, 0.2) is 0 Å². The van der Waals surface area contributed by atoms with Gasteiger partial charge in [0, 0.05) is 44.6 Å². The largest absolute Gasteiger partial charge is 0.354 e. The number of carbonyl (C=O) groups excluding carboxylic acids is 1. The van der Waals surface area contributed by atoms with Crippen LogP contribution in [0, 0.1) is 6.92 Å². The lowest BCUT2D eigenvalue weighted by Gasteiger charge is -2.35. The number of aryl methyl sites for hydroxylation is 1. The molecule has 3 aromatic rings. The standard InChI is InChI=1S/C24H26N4O/c1-19-7-10-22(11-8-19)26-24(29)21-9-12-23(25-17-21)28-15-13-27(14-16-28)18-20-5-3-2-4-6-20/h2-12,17H,13-16,18H2,1H3,(H,26,29). The minimum atomic E-state index is -0.138. The number of pyridine rings is 1. The van der Waals surface area contributed by atoms with Crippen LogP contribution in [0.4, 0.5) is 11.5 Å². The lowest BCUT2D eigenvalue weighted by atomic mass is 10.2. The average molecular weight is 386 g/mol. The highest BCUT2D eigenvalue weighted by molar-refractivity contribution is 6.04. The molecule has 1 aliphatic heterocycles. The van der Waals surface area contributed by atoms with Gasteiger partial charge in [-0.1, -0.05) is 48.0 Å². The van der Waals surface area contributed by atoms with Gasteiger partial charge in [-0.3, -0.25) is 9.69 Å². The molecule has 4 rings (SSSR count). The van der Waals surface area contributed by atoms with Crippen molar-refractivity contribution in [1.29, 1.82) is 0 Å². The molecule has 0 unspecified atom stereocenters. The third-order valence-electron chi connectivity index (χ3n) is 5.26. The molecule has 0 bridgehead atoms. The van der Waals surface area contributed by atoms with E-state index in [9.17, 15) is 4.79 Å². The van der Waals surface area contributed by atoms with E-state index in [2.05, 4.69) is 50.4 Å². The van der Waals surface area contributed by atoms with Crippen molar-refractivity contribution in [3.63, 3.8) is 0 Å². The summed E-state index contributed by atoms with van der Waals surface area (Å²) >= 11 is 0.